The van der Waals surface area contributed by atoms with Gasteiger partial charge in [0.25, 0.3) is 0 Å². The van der Waals surface area contributed by atoms with E-state index in [1.165, 1.54) is 0 Å². The molecule has 0 fully saturated rings. The van der Waals surface area contributed by atoms with E-state index in [4.69, 9.17) is 18.0 Å². The lowest BCUT2D eigenvalue weighted by Crippen LogP contribution is -2.29. The summed E-state index contributed by atoms with van der Waals surface area (Å²) < 4.78 is 0. The highest BCUT2D eigenvalue weighted by molar-refractivity contribution is 7.80. The number of nitrogens with one attached hydrogen (secondary N) is 1. The van der Waals surface area contributed by atoms with Gasteiger partial charge in [-0.25, -0.2) is 0 Å². The van der Waals surface area contributed by atoms with E-state index in [2.05, 4.69) is 22.1 Å². The van der Waals surface area contributed by atoms with Crippen molar-refractivity contribution in [1.82, 2.24) is 9.88 Å². The molecule has 0 aromatic carbocycles. The number of hydrogen-bond donors (Lipinski definition) is 2. The van der Waals surface area contributed by atoms with Crippen molar-refractivity contribution < 1.29 is 0 Å². The molecule has 0 aliphatic carbocycles. The molecule has 1 heterocycles. The molecule has 0 amide bonds. The Morgan fingerprint density at radius 1 is 1.56 bits per heavy atom. The van der Waals surface area contributed by atoms with Crippen LogP contribution in [0.5, 0.6) is 0 Å². The van der Waals surface area contributed by atoms with Gasteiger partial charge in [0.15, 0.2) is 0 Å². The number of thiocarbonyl (C=S) groups is 1. The van der Waals surface area contributed by atoms with Crippen LogP contribution in [0.2, 0.25) is 0 Å². The fourth-order valence-corrected chi connectivity index (χ4v) is 1.62. The number of likely N-dealkylation sites (N-methyl/N-ethyl adjacent to an activating group) is 1. The van der Waals surface area contributed by atoms with Gasteiger partial charge in [0, 0.05) is 12.6 Å². The van der Waals surface area contributed by atoms with Crippen molar-refractivity contribution >= 4 is 22.9 Å². The number of anilines is 1. The van der Waals surface area contributed by atoms with Gasteiger partial charge in [-0.2, -0.15) is 0 Å². The molecule has 1 aromatic heterocycles. The first-order valence-corrected chi connectivity index (χ1v) is 5.57. The smallest absolute Gasteiger partial charge is 0.122 e. The molecule has 5 heteroatoms. The van der Waals surface area contributed by atoms with Gasteiger partial charge in [-0.05, 0) is 33.2 Å². The molecule has 0 radical (unpaired) electrons. The lowest BCUT2D eigenvalue weighted by molar-refractivity contribution is 0.392. The van der Waals surface area contributed by atoms with Crippen LogP contribution in [-0.2, 0) is 0 Å². The number of nitrogens with zero attached hydrogens (tertiary/aromatic N) is 2. The van der Waals surface area contributed by atoms with Crippen LogP contribution in [-0.4, -0.2) is 41.6 Å². The molecule has 4 nitrogen and oxygen atoms in total. The topological polar surface area (TPSA) is 54.2 Å². The summed E-state index contributed by atoms with van der Waals surface area (Å²) in [4.78, 5) is 6.63. The molecule has 88 valence electrons. The second-order valence-electron chi connectivity index (χ2n) is 4.10. The minimum Gasteiger partial charge on any atom is -0.388 e. The van der Waals surface area contributed by atoms with Gasteiger partial charge in [0.1, 0.15) is 4.99 Å². The maximum absolute atomic E-state index is 5.47. The van der Waals surface area contributed by atoms with E-state index in [0.29, 0.717) is 16.7 Å². The zero-order chi connectivity index (χ0) is 12.1. The Balaban J connectivity index is 2.58. The van der Waals surface area contributed by atoms with Gasteiger partial charge in [-0.15, -0.1) is 0 Å². The molecule has 0 spiro atoms. The van der Waals surface area contributed by atoms with Crippen LogP contribution in [0.15, 0.2) is 18.3 Å². The third kappa shape index (κ3) is 4.12. The van der Waals surface area contributed by atoms with Crippen LogP contribution in [0.1, 0.15) is 12.6 Å². The van der Waals surface area contributed by atoms with Gasteiger partial charge in [-0.3, -0.25) is 4.98 Å². The number of hydrogen-bond acceptors (Lipinski definition) is 4. The van der Waals surface area contributed by atoms with Crippen molar-refractivity contribution in [3.05, 3.63) is 24.0 Å². The van der Waals surface area contributed by atoms with Crippen LogP contribution in [0.3, 0.4) is 0 Å². The summed E-state index contributed by atoms with van der Waals surface area (Å²) in [6, 6.07) is 4.13. The van der Waals surface area contributed by atoms with Crippen LogP contribution in [0.25, 0.3) is 0 Å². The van der Waals surface area contributed by atoms with Crippen molar-refractivity contribution in [2.24, 2.45) is 5.73 Å². The minimum atomic E-state index is 0.327. The zero-order valence-corrected chi connectivity index (χ0v) is 10.7. The highest BCUT2D eigenvalue weighted by Crippen LogP contribution is 2.08. The van der Waals surface area contributed by atoms with Crippen molar-refractivity contribution in [3.8, 4) is 0 Å². The molecule has 0 aliphatic rings. The average molecular weight is 238 g/mol. The summed E-state index contributed by atoms with van der Waals surface area (Å²) in [5.74, 6) is 0. The van der Waals surface area contributed by atoms with E-state index < -0.39 is 0 Å². The largest absolute Gasteiger partial charge is 0.388 e. The molecule has 0 saturated carbocycles. The normalized spacial score (nSPS) is 12.5. The standard InChI is InChI=1S/C11H18N4S/c1-8(7-15(2)3)14-9-4-5-10(11(12)16)13-6-9/h4-6,8,14H,7H2,1-3H3,(H2,12,16). The molecule has 0 saturated heterocycles. The Labute approximate surface area is 102 Å². The maximum Gasteiger partial charge on any atom is 0.122 e. The van der Waals surface area contributed by atoms with Crippen LogP contribution in [0, 0.1) is 0 Å². The summed E-state index contributed by atoms with van der Waals surface area (Å²) in [6.07, 6.45) is 1.75. The van der Waals surface area contributed by atoms with Crippen LogP contribution in [0.4, 0.5) is 5.69 Å². The average Bonchev–Trinajstić information content (AvgIpc) is 2.16. The highest BCUT2D eigenvalue weighted by atomic mass is 32.1. The third-order valence-electron chi connectivity index (χ3n) is 2.07. The Hall–Kier alpha value is -1.20. The van der Waals surface area contributed by atoms with E-state index in [9.17, 15) is 0 Å². The second-order valence-corrected chi connectivity index (χ2v) is 4.54. The Bertz CT molecular complexity index is 348. The SMILES string of the molecule is CC(CN(C)C)Nc1ccc(C(N)=S)nc1. The lowest BCUT2D eigenvalue weighted by atomic mass is 10.3. The number of pyridine rings is 1. The lowest BCUT2D eigenvalue weighted by Gasteiger charge is -2.19. The van der Waals surface area contributed by atoms with Crippen molar-refractivity contribution in [2.75, 3.05) is 26.0 Å². The van der Waals surface area contributed by atoms with E-state index >= 15 is 0 Å². The summed E-state index contributed by atoms with van der Waals surface area (Å²) in [5, 5.41) is 3.35. The van der Waals surface area contributed by atoms with Gasteiger partial charge >= 0.3 is 0 Å². The summed E-state index contributed by atoms with van der Waals surface area (Å²) in [7, 11) is 4.10. The first kappa shape index (κ1) is 12.9. The fourth-order valence-electron chi connectivity index (χ4n) is 1.50. The predicted molar refractivity (Wildman–Crippen MR) is 71.8 cm³/mol. The van der Waals surface area contributed by atoms with Crippen molar-refractivity contribution in [2.45, 2.75) is 13.0 Å². The summed E-state index contributed by atoms with van der Waals surface area (Å²) >= 11 is 4.84. The Morgan fingerprint density at radius 3 is 2.69 bits per heavy atom. The monoisotopic (exact) mass is 238 g/mol. The Morgan fingerprint density at radius 2 is 2.25 bits per heavy atom. The molecule has 1 aromatic rings. The number of aromatic nitrogens is 1. The van der Waals surface area contributed by atoms with E-state index in [1.807, 2.05) is 26.2 Å². The third-order valence-corrected chi connectivity index (χ3v) is 2.28. The van der Waals surface area contributed by atoms with Crippen LogP contribution >= 0.6 is 12.2 Å². The number of rotatable bonds is 5. The quantitative estimate of drug-likeness (QED) is 0.752. The molecule has 16 heavy (non-hydrogen) atoms. The van der Waals surface area contributed by atoms with Gasteiger partial charge < -0.3 is 16.0 Å². The molecule has 3 N–H and O–H groups in total. The molecule has 1 rings (SSSR count). The van der Waals surface area contributed by atoms with E-state index in [-0.39, 0.29) is 0 Å². The van der Waals surface area contributed by atoms with E-state index in [0.717, 1.165) is 12.2 Å². The first-order chi connectivity index (χ1) is 7.49. The number of nitrogens with two attached hydrogens (primary N) is 1. The molecule has 0 bridgehead atoms. The first-order valence-electron chi connectivity index (χ1n) is 5.16. The van der Waals surface area contributed by atoms with Gasteiger partial charge in [0.05, 0.1) is 17.6 Å². The van der Waals surface area contributed by atoms with Crippen molar-refractivity contribution in [3.63, 3.8) is 0 Å². The summed E-state index contributed by atoms with van der Waals surface area (Å²) in [5.41, 5.74) is 7.11. The summed E-state index contributed by atoms with van der Waals surface area (Å²) in [6.45, 7) is 3.10. The Kier molecular flexibility index (Phi) is 4.64. The predicted octanol–water partition coefficient (Wildman–Crippen LogP) is 1.08. The molecular weight excluding hydrogens is 220 g/mol. The second kappa shape index (κ2) is 5.77. The maximum atomic E-state index is 5.47. The van der Waals surface area contributed by atoms with Gasteiger partial charge in [0.2, 0.25) is 0 Å². The molecule has 1 unspecified atom stereocenters. The van der Waals surface area contributed by atoms with E-state index in [1.54, 1.807) is 6.20 Å². The fraction of sp³-hybridized carbons (Fsp3) is 0.455. The minimum absolute atomic E-state index is 0.327. The van der Waals surface area contributed by atoms with Crippen molar-refractivity contribution in [1.29, 1.82) is 0 Å². The van der Waals surface area contributed by atoms with Crippen LogP contribution < -0.4 is 11.1 Å². The zero-order valence-electron chi connectivity index (χ0n) is 9.90. The molecule has 0 aliphatic heterocycles. The van der Waals surface area contributed by atoms with Gasteiger partial charge in [-0.1, -0.05) is 12.2 Å². The highest BCUT2D eigenvalue weighted by Gasteiger charge is 2.04. The molecule has 1 atom stereocenters. The molecular formula is C11H18N4S.